The van der Waals surface area contributed by atoms with Gasteiger partial charge >= 0.3 is 30.8 Å². The van der Waals surface area contributed by atoms with Crippen molar-refractivity contribution in [2.45, 2.75) is 98.6 Å². The van der Waals surface area contributed by atoms with E-state index in [1.807, 2.05) is 46.4 Å². The number of ether oxygens (including phenoxy) is 1. The molecule has 2 aromatic heterocycles. The molecular formula is C36H57F2LiN4O8. The summed E-state index contributed by atoms with van der Waals surface area (Å²) in [6.07, 6.45) is 4.40. The average Bonchev–Trinajstić information content (AvgIpc) is 2.96. The van der Waals surface area contributed by atoms with E-state index in [1.54, 1.807) is 25.4 Å². The molecule has 0 amide bonds. The van der Waals surface area contributed by atoms with Crippen LogP contribution in [-0.4, -0.2) is 105 Å². The normalized spacial score (nSPS) is 16.0. The number of aromatic nitrogens is 2. The summed E-state index contributed by atoms with van der Waals surface area (Å²) in [5.74, 6) is -0.918. The van der Waals surface area contributed by atoms with Crippen molar-refractivity contribution in [1.29, 1.82) is 0 Å². The first-order chi connectivity index (χ1) is 22.6. The maximum atomic E-state index is 12.9. The van der Waals surface area contributed by atoms with Gasteiger partial charge in [0.25, 0.3) is 11.1 Å². The fraction of sp³-hybridized carbons (Fsp3) is 0.667. The Labute approximate surface area is 311 Å². The van der Waals surface area contributed by atoms with Crippen LogP contribution in [0.25, 0.3) is 0 Å². The number of esters is 1. The number of carboxylic acids is 1. The molecule has 4 heterocycles. The van der Waals surface area contributed by atoms with Gasteiger partial charge in [0, 0.05) is 63.8 Å². The van der Waals surface area contributed by atoms with Gasteiger partial charge in [0.2, 0.25) is 0 Å². The first kappa shape index (κ1) is 48.1. The van der Waals surface area contributed by atoms with Crippen LogP contribution in [0, 0.1) is 25.7 Å². The topological polar surface area (TPSA) is 176 Å². The predicted octanol–water partition coefficient (Wildman–Crippen LogP) is 0.530. The Morgan fingerprint density at radius 1 is 0.804 bits per heavy atom. The summed E-state index contributed by atoms with van der Waals surface area (Å²) in [5.41, 5.74) is 3.25. The van der Waals surface area contributed by atoms with E-state index >= 15 is 0 Å². The zero-order chi connectivity index (χ0) is 35.7. The average molecular weight is 719 g/mol. The van der Waals surface area contributed by atoms with E-state index in [-0.39, 0.29) is 58.7 Å². The summed E-state index contributed by atoms with van der Waals surface area (Å²) in [5, 5.41) is 9.45. The van der Waals surface area contributed by atoms with Gasteiger partial charge in [-0.15, -0.1) is 0 Å². The zero-order valence-electron chi connectivity index (χ0n) is 31.5. The Morgan fingerprint density at radius 2 is 1.18 bits per heavy atom. The molecular weight excluding hydrogens is 661 g/mol. The number of halogens is 2. The molecule has 2 saturated heterocycles. The fourth-order valence-electron chi connectivity index (χ4n) is 6.11. The molecule has 2 unspecified atom stereocenters. The van der Waals surface area contributed by atoms with E-state index in [1.165, 1.54) is 15.2 Å². The van der Waals surface area contributed by atoms with Crippen molar-refractivity contribution in [2.75, 3.05) is 45.9 Å². The van der Waals surface area contributed by atoms with Crippen molar-refractivity contribution < 1.29 is 58.0 Å². The van der Waals surface area contributed by atoms with Crippen LogP contribution in [0.1, 0.15) is 81.8 Å². The van der Waals surface area contributed by atoms with Crippen LogP contribution >= 0.6 is 0 Å². The van der Waals surface area contributed by atoms with Crippen molar-refractivity contribution in [3.8, 4) is 0 Å². The van der Waals surface area contributed by atoms with Crippen LogP contribution in [0.5, 0.6) is 0 Å². The molecule has 0 radical (unpaired) electrons. The smallest absolute Gasteiger partial charge is 0.870 e. The Morgan fingerprint density at radius 3 is 1.51 bits per heavy atom. The molecule has 2 aliphatic rings. The number of aryl methyl sites for hydroxylation is 2. The second-order valence-electron chi connectivity index (χ2n) is 14.0. The van der Waals surface area contributed by atoms with Crippen LogP contribution < -0.4 is 30.0 Å². The number of hydrogen-bond acceptors (Lipinski definition) is 8. The molecule has 0 saturated carbocycles. The van der Waals surface area contributed by atoms with E-state index in [4.69, 9.17) is 4.74 Å². The summed E-state index contributed by atoms with van der Waals surface area (Å²) in [6.45, 7) is 17.1. The Bertz CT molecular complexity index is 1510. The molecule has 284 valence electrons. The molecule has 0 spiro atoms. The molecule has 2 aromatic rings. The second kappa shape index (κ2) is 22.3. The number of hydrogen-bond donors (Lipinski definition) is 1. The summed E-state index contributed by atoms with van der Waals surface area (Å²) in [7, 11) is 0. The van der Waals surface area contributed by atoms with E-state index in [0.29, 0.717) is 52.0 Å². The Kier molecular flexibility index (Phi) is 21.0. The van der Waals surface area contributed by atoms with Crippen LogP contribution in [0.15, 0.2) is 34.1 Å². The zero-order valence-corrected chi connectivity index (χ0v) is 31.5. The number of aliphatic carboxylic acids is 1. The SMILES string of the molecule is CCOC(=O)C(CC(C)C)n1cc(CCN2CC(F)C2)c(C)cc1=O.Cc1cc(=O)n(C(CC(C)C)C(=O)O)cc1CCN1CC(F)C1.O.[Li+].[OH-]. The number of carbonyl (C=O) groups is 2. The first-order valence-corrected chi connectivity index (χ1v) is 17.1. The van der Waals surface area contributed by atoms with E-state index < -0.39 is 30.4 Å². The number of rotatable bonds is 15. The minimum atomic E-state index is -0.987. The van der Waals surface area contributed by atoms with Gasteiger partial charge in [0.05, 0.1) is 6.61 Å². The Balaban J connectivity index is 0.000000929. The molecule has 4 rings (SSSR count). The summed E-state index contributed by atoms with van der Waals surface area (Å²) in [4.78, 5) is 52.6. The van der Waals surface area contributed by atoms with Crippen LogP contribution in [-0.2, 0) is 27.2 Å². The van der Waals surface area contributed by atoms with Gasteiger partial charge in [0.1, 0.15) is 24.4 Å². The van der Waals surface area contributed by atoms with Gasteiger partial charge in [-0.05, 0) is 80.5 Å². The molecule has 0 aliphatic carbocycles. The third-order valence-corrected chi connectivity index (χ3v) is 8.92. The van der Waals surface area contributed by atoms with Gasteiger partial charge < -0.3 is 29.9 Å². The number of alkyl halides is 2. The van der Waals surface area contributed by atoms with E-state index in [0.717, 1.165) is 41.8 Å². The quantitative estimate of drug-likeness (QED) is 0.204. The molecule has 4 N–H and O–H groups in total. The number of carbonyl (C=O) groups excluding carboxylic acids is 1. The molecule has 2 fully saturated rings. The van der Waals surface area contributed by atoms with Gasteiger partial charge in [0.15, 0.2) is 0 Å². The van der Waals surface area contributed by atoms with Crippen molar-refractivity contribution in [3.05, 3.63) is 67.5 Å². The number of carboxylic acid groups (broad SMARTS) is 1. The van der Waals surface area contributed by atoms with Crippen LogP contribution in [0.2, 0.25) is 0 Å². The fourth-order valence-corrected chi connectivity index (χ4v) is 6.11. The van der Waals surface area contributed by atoms with Crippen LogP contribution in [0.3, 0.4) is 0 Å². The summed E-state index contributed by atoms with van der Waals surface area (Å²) < 4.78 is 33.8. The Hall–Kier alpha value is -2.86. The molecule has 0 aromatic carbocycles. The minimum absolute atomic E-state index is 0. The standard InChI is InChI=1S/C19H29FN2O3.C17H25FN2O3.Li.2H2O/c1-5-25-19(24)17(8-13(2)3)22-10-15(14(4)9-18(22)23)6-7-21-11-16(20)12-21;1-11(2)6-15(17(22)23)20-8-13(12(3)7-16(20)21)4-5-19-9-14(18)10-19;;;/h9-10,13,16-17H,5-8,11-12H2,1-4H3;7-8,11,14-15H,4-6,9-10H2,1-3H3,(H,22,23);;2*1H2/q;;+1;;/p-1. The monoisotopic (exact) mass is 718 g/mol. The van der Waals surface area contributed by atoms with Crippen molar-refractivity contribution in [3.63, 3.8) is 0 Å². The number of nitrogens with zero attached hydrogens (tertiary/aromatic N) is 4. The first-order valence-electron chi connectivity index (χ1n) is 17.1. The van der Waals surface area contributed by atoms with Gasteiger partial charge in [-0.2, -0.15) is 0 Å². The number of likely N-dealkylation sites (tertiary alicyclic amines) is 2. The maximum Gasteiger partial charge on any atom is 1.00 e. The van der Waals surface area contributed by atoms with Crippen molar-refractivity contribution in [2.24, 2.45) is 11.8 Å². The summed E-state index contributed by atoms with van der Waals surface area (Å²) in [6, 6.07) is 1.63. The van der Waals surface area contributed by atoms with Gasteiger partial charge in [-0.3, -0.25) is 19.4 Å². The number of pyridine rings is 2. The molecule has 2 atom stereocenters. The molecule has 12 nitrogen and oxygen atoms in total. The summed E-state index contributed by atoms with van der Waals surface area (Å²) >= 11 is 0. The third kappa shape index (κ3) is 14.2. The second-order valence-corrected chi connectivity index (χ2v) is 14.0. The van der Waals surface area contributed by atoms with E-state index in [2.05, 4.69) is 4.90 Å². The van der Waals surface area contributed by atoms with Crippen molar-refractivity contribution >= 4 is 11.9 Å². The van der Waals surface area contributed by atoms with Crippen molar-refractivity contribution in [1.82, 2.24) is 18.9 Å². The molecule has 0 bridgehead atoms. The predicted molar refractivity (Wildman–Crippen MR) is 188 cm³/mol. The largest absolute Gasteiger partial charge is 1.00 e. The van der Waals surface area contributed by atoms with Gasteiger partial charge in [-0.25, -0.2) is 18.4 Å². The maximum absolute atomic E-state index is 12.9. The van der Waals surface area contributed by atoms with Gasteiger partial charge in [-0.1, -0.05) is 27.7 Å². The molecule has 2 aliphatic heterocycles. The minimum Gasteiger partial charge on any atom is -0.870 e. The van der Waals surface area contributed by atoms with E-state index in [9.17, 15) is 33.1 Å². The molecule has 51 heavy (non-hydrogen) atoms. The van der Waals surface area contributed by atoms with Crippen LogP contribution in [0.4, 0.5) is 8.78 Å². The third-order valence-electron chi connectivity index (χ3n) is 8.92. The molecule has 15 heteroatoms.